The molecule has 0 aliphatic rings. The van der Waals surface area contributed by atoms with Crippen molar-refractivity contribution in [3.8, 4) is 5.75 Å². The van der Waals surface area contributed by atoms with Crippen LogP contribution in [-0.2, 0) is 16.1 Å². The summed E-state index contributed by atoms with van der Waals surface area (Å²) in [4.78, 5) is 23.2. The first-order valence-electron chi connectivity index (χ1n) is 6.70. The van der Waals surface area contributed by atoms with Gasteiger partial charge in [-0.25, -0.2) is 5.43 Å². The molecule has 0 heterocycles. The van der Waals surface area contributed by atoms with Crippen LogP contribution in [0.15, 0.2) is 53.6 Å². The summed E-state index contributed by atoms with van der Waals surface area (Å²) in [6, 6.07) is 13.7. The van der Waals surface area contributed by atoms with Gasteiger partial charge < -0.3 is 10.4 Å². The Morgan fingerprint density at radius 3 is 2.57 bits per heavy atom. The van der Waals surface area contributed by atoms with Crippen LogP contribution in [0.1, 0.15) is 11.1 Å². The molecule has 0 atom stereocenters. The molecule has 118 valence electrons. The zero-order valence-corrected chi connectivity index (χ0v) is 12.7. The largest absolute Gasteiger partial charge is 0.506 e. The fourth-order valence-electron chi connectivity index (χ4n) is 1.68. The molecule has 2 rings (SSSR count). The van der Waals surface area contributed by atoms with Crippen molar-refractivity contribution in [2.45, 2.75) is 6.54 Å². The van der Waals surface area contributed by atoms with Crippen molar-refractivity contribution in [2.75, 3.05) is 0 Å². The summed E-state index contributed by atoms with van der Waals surface area (Å²) in [6.07, 6.45) is 1.31. The van der Waals surface area contributed by atoms with Crippen LogP contribution in [0.5, 0.6) is 5.75 Å². The van der Waals surface area contributed by atoms with E-state index in [0.717, 1.165) is 5.56 Å². The highest BCUT2D eigenvalue weighted by atomic mass is 35.5. The standard InChI is InChI=1S/C16H14ClN3O3/c17-13-8-12(6-7-14(13)21)10-19-20-16(23)15(22)18-9-11-4-2-1-3-5-11/h1-8,10,21H,9H2,(H,18,22)(H,20,23)/b19-10-. The lowest BCUT2D eigenvalue weighted by molar-refractivity contribution is -0.139. The molecule has 2 amide bonds. The fourth-order valence-corrected chi connectivity index (χ4v) is 1.87. The van der Waals surface area contributed by atoms with Crippen LogP contribution in [0.4, 0.5) is 0 Å². The molecule has 0 bridgehead atoms. The average Bonchev–Trinajstić information content (AvgIpc) is 2.56. The topological polar surface area (TPSA) is 90.8 Å². The van der Waals surface area contributed by atoms with Gasteiger partial charge in [0.15, 0.2) is 0 Å². The van der Waals surface area contributed by atoms with Crippen LogP contribution >= 0.6 is 11.6 Å². The quantitative estimate of drug-likeness (QED) is 0.453. The molecule has 23 heavy (non-hydrogen) atoms. The van der Waals surface area contributed by atoms with Gasteiger partial charge in [-0.3, -0.25) is 9.59 Å². The van der Waals surface area contributed by atoms with Gasteiger partial charge in [0, 0.05) is 6.54 Å². The number of benzene rings is 2. The molecule has 0 fully saturated rings. The molecule has 0 aliphatic heterocycles. The lowest BCUT2D eigenvalue weighted by Crippen LogP contribution is -2.37. The third kappa shape index (κ3) is 5.12. The van der Waals surface area contributed by atoms with E-state index < -0.39 is 11.8 Å². The first kappa shape index (κ1) is 16.5. The summed E-state index contributed by atoms with van der Waals surface area (Å²) in [6.45, 7) is 0.254. The maximum atomic E-state index is 11.6. The van der Waals surface area contributed by atoms with E-state index in [1.807, 2.05) is 30.3 Å². The van der Waals surface area contributed by atoms with Crippen molar-refractivity contribution < 1.29 is 14.7 Å². The lowest BCUT2D eigenvalue weighted by Gasteiger charge is -2.03. The smallest absolute Gasteiger partial charge is 0.329 e. The van der Waals surface area contributed by atoms with Crippen LogP contribution < -0.4 is 10.7 Å². The number of phenols is 1. The number of hydrazone groups is 1. The van der Waals surface area contributed by atoms with Crippen molar-refractivity contribution in [2.24, 2.45) is 5.10 Å². The Morgan fingerprint density at radius 2 is 1.87 bits per heavy atom. The van der Waals surface area contributed by atoms with Crippen LogP contribution in [0.3, 0.4) is 0 Å². The first-order valence-corrected chi connectivity index (χ1v) is 7.08. The Morgan fingerprint density at radius 1 is 1.13 bits per heavy atom. The van der Waals surface area contributed by atoms with E-state index in [1.165, 1.54) is 18.3 Å². The number of nitrogens with one attached hydrogen (secondary N) is 2. The molecule has 0 unspecified atom stereocenters. The Hall–Kier alpha value is -2.86. The summed E-state index contributed by atoms with van der Waals surface area (Å²) in [5.41, 5.74) is 3.57. The Labute approximate surface area is 137 Å². The highest BCUT2D eigenvalue weighted by molar-refractivity contribution is 6.35. The molecule has 0 aromatic heterocycles. The minimum absolute atomic E-state index is 0.0480. The SMILES string of the molecule is O=C(NCc1ccccc1)C(=O)N/N=C\c1ccc(O)c(Cl)c1. The summed E-state index contributed by atoms with van der Waals surface area (Å²) < 4.78 is 0. The van der Waals surface area contributed by atoms with E-state index in [2.05, 4.69) is 15.8 Å². The van der Waals surface area contributed by atoms with Gasteiger partial charge in [-0.2, -0.15) is 5.10 Å². The second kappa shape index (κ2) is 7.95. The van der Waals surface area contributed by atoms with Crippen LogP contribution in [0.25, 0.3) is 0 Å². The second-order valence-corrected chi connectivity index (χ2v) is 4.99. The molecule has 0 saturated heterocycles. The predicted molar refractivity (Wildman–Crippen MR) is 87.1 cm³/mol. The zero-order valence-electron chi connectivity index (χ0n) is 12.0. The van der Waals surface area contributed by atoms with E-state index >= 15 is 0 Å². The van der Waals surface area contributed by atoms with Gasteiger partial charge >= 0.3 is 11.8 Å². The second-order valence-electron chi connectivity index (χ2n) is 4.58. The van der Waals surface area contributed by atoms with Crippen molar-refractivity contribution in [1.29, 1.82) is 0 Å². The van der Waals surface area contributed by atoms with Gasteiger partial charge in [0.05, 0.1) is 11.2 Å². The first-order chi connectivity index (χ1) is 11.1. The number of halogens is 1. The molecule has 0 saturated carbocycles. The van der Waals surface area contributed by atoms with Crippen molar-refractivity contribution in [1.82, 2.24) is 10.7 Å². The molecule has 2 aromatic carbocycles. The molecule has 6 nitrogen and oxygen atoms in total. The number of carbonyl (C=O) groups is 2. The highest BCUT2D eigenvalue weighted by Crippen LogP contribution is 2.22. The number of rotatable bonds is 4. The third-order valence-corrected chi connectivity index (χ3v) is 3.16. The molecular weight excluding hydrogens is 318 g/mol. The summed E-state index contributed by atoms with van der Waals surface area (Å²) in [5, 5.41) is 15.6. The Bertz CT molecular complexity index is 733. The molecular formula is C16H14ClN3O3. The average molecular weight is 332 g/mol. The van der Waals surface area contributed by atoms with Crippen LogP contribution in [0, 0.1) is 0 Å². The van der Waals surface area contributed by atoms with Gasteiger partial charge in [-0.05, 0) is 29.3 Å². The number of hydrogen-bond acceptors (Lipinski definition) is 4. The Balaban J connectivity index is 1.82. The summed E-state index contributed by atoms with van der Waals surface area (Å²) in [7, 11) is 0. The number of amides is 2. The van der Waals surface area contributed by atoms with Gasteiger partial charge in [-0.15, -0.1) is 0 Å². The Kier molecular flexibility index (Phi) is 5.71. The molecule has 0 spiro atoms. The number of hydrogen-bond donors (Lipinski definition) is 3. The maximum absolute atomic E-state index is 11.6. The molecule has 0 radical (unpaired) electrons. The number of phenolic OH excluding ortho intramolecular Hbond substituents is 1. The molecule has 7 heteroatoms. The van der Waals surface area contributed by atoms with Crippen molar-refractivity contribution >= 4 is 29.6 Å². The third-order valence-electron chi connectivity index (χ3n) is 2.85. The van der Waals surface area contributed by atoms with Gasteiger partial charge in [0.1, 0.15) is 5.75 Å². The monoisotopic (exact) mass is 331 g/mol. The van der Waals surface area contributed by atoms with Gasteiger partial charge in [-0.1, -0.05) is 41.9 Å². The molecule has 3 N–H and O–H groups in total. The molecule has 0 aliphatic carbocycles. The predicted octanol–water partition coefficient (Wildman–Crippen LogP) is 1.81. The zero-order chi connectivity index (χ0) is 16.7. The minimum atomic E-state index is -0.873. The van der Waals surface area contributed by atoms with Gasteiger partial charge in [0.25, 0.3) is 0 Å². The van der Waals surface area contributed by atoms with E-state index in [0.29, 0.717) is 5.56 Å². The van der Waals surface area contributed by atoms with E-state index in [1.54, 1.807) is 6.07 Å². The number of nitrogens with zero attached hydrogens (tertiary/aromatic N) is 1. The summed E-state index contributed by atoms with van der Waals surface area (Å²) >= 11 is 5.74. The fraction of sp³-hybridized carbons (Fsp3) is 0.0625. The highest BCUT2D eigenvalue weighted by Gasteiger charge is 2.11. The summed E-state index contributed by atoms with van der Waals surface area (Å²) in [5.74, 6) is -1.70. The van der Waals surface area contributed by atoms with E-state index in [4.69, 9.17) is 11.6 Å². The minimum Gasteiger partial charge on any atom is -0.506 e. The van der Waals surface area contributed by atoms with E-state index in [-0.39, 0.29) is 17.3 Å². The normalized spacial score (nSPS) is 10.5. The van der Waals surface area contributed by atoms with Crippen LogP contribution in [0.2, 0.25) is 5.02 Å². The maximum Gasteiger partial charge on any atom is 0.329 e. The lowest BCUT2D eigenvalue weighted by atomic mass is 10.2. The van der Waals surface area contributed by atoms with Gasteiger partial charge in [0.2, 0.25) is 0 Å². The van der Waals surface area contributed by atoms with Crippen molar-refractivity contribution in [3.63, 3.8) is 0 Å². The number of carbonyl (C=O) groups excluding carboxylic acids is 2. The van der Waals surface area contributed by atoms with E-state index in [9.17, 15) is 14.7 Å². The molecule has 2 aromatic rings. The number of aromatic hydroxyl groups is 1. The van der Waals surface area contributed by atoms with Crippen LogP contribution in [-0.4, -0.2) is 23.1 Å². The van der Waals surface area contributed by atoms with Crippen molar-refractivity contribution in [3.05, 3.63) is 64.7 Å².